The maximum atomic E-state index is 15.0. The number of hydrogen-bond donors (Lipinski definition) is 0. The molecule has 28 aromatic rings. The Kier molecular flexibility index (Phi) is 23.3. The van der Waals surface area contributed by atoms with Crippen LogP contribution in [0.5, 0.6) is 0 Å². The van der Waals surface area contributed by atoms with E-state index in [1.807, 2.05) is 133 Å². The molecule has 0 unspecified atom stereocenters. The summed E-state index contributed by atoms with van der Waals surface area (Å²) < 4.78 is 22.0. The van der Waals surface area contributed by atoms with Crippen LogP contribution < -0.4 is 15.9 Å². The first-order valence-corrected chi connectivity index (χ1v) is 51.7. The summed E-state index contributed by atoms with van der Waals surface area (Å²) in [7, 11) is -3.08. The summed E-state index contributed by atoms with van der Waals surface area (Å²) in [5.41, 5.74) is 33.5. The molecule has 0 aliphatic heterocycles. The number of hydrogen-bond acceptors (Lipinski definition) is 9. The van der Waals surface area contributed by atoms with Crippen LogP contribution in [0.1, 0.15) is 0 Å². The van der Waals surface area contributed by atoms with Crippen LogP contribution in [0.25, 0.3) is 239 Å². The van der Waals surface area contributed by atoms with Crippen LogP contribution in [-0.4, -0.2) is 53.6 Å². The number of pyridine rings is 6. The van der Waals surface area contributed by atoms with Gasteiger partial charge in [0.2, 0.25) is 0 Å². The molecule has 0 saturated carbocycles. The molecule has 0 bridgehead atoms. The fourth-order valence-corrected chi connectivity index (χ4v) is 23.8. The van der Waals surface area contributed by atoms with Crippen molar-refractivity contribution in [1.29, 1.82) is 0 Å². The van der Waals surface area contributed by atoms with Gasteiger partial charge < -0.3 is 18.3 Å². The maximum absolute atomic E-state index is 15.0. The number of benzene rings is 18. The van der Waals surface area contributed by atoms with E-state index in [1.165, 1.54) is 54.6 Å². The summed E-state index contributed by atoms with van der Waals surface area (Å²) in [4.78, 5) is 40.5. The van der Waals surface area contributed by atoms with Gasteiger partial charge in [-0.05, 0) is 149 Å². The lowest BCUT2D eigenvalue weighted by Gasteiger charge is -2.20. The Bertz CT molecular complexity index is 9700. The topological polar surface area (TPSA) is 135 Å². The molecule has 0 saturated heterocycles. The number of nitrogens with zero attached hydrogens (tertiary/aromatic N) is 11. The van der Waals surface area contributed by atoms with Gasteiger partial charge >= 0.3 is 0 Å². The quantitative estimate of drug-likeness (QED) is 0.0817. The van der Waals surface area contributed by atoms with Crippen LogP contribution in [0.3, 0.4) is 0 Å². The molecule has 0 aliphatic rings. The van der Waals surface area contributed by atoms with E-state index in [1.54, 1.807) is 12.4 Å². The van der Waals surface area contributed by atoms with Gasteiger partial charge in [0.15, 0.2) is 13.0 Å². The fourth-order valence-electron chi connectivity index (χ4n) is 21.2. The molecular weight excluding hydrogens is 1830 g/mol. The molecule has 18 aromatic carbocycles. The van der Waals surface area contributed by atoms with Crippen LogP contribution in [0.15, 0.2) is 546 Å². The van der Waals surface area contributed by atoms with E-state index in [4.69, 9.17) is 29.9 Å². The molecule has 28 rings (SSSR count). The highest BCUT2D eigenvalue weighted by Gasteiger charge is 2.32. The molecule has 0 radical (unpaired) electrons. The lowest BCUT2D eigenvalue weighted by Crippen LogP contribution is -2.24. The van der Waals surface area contributed by atoms with E-state index in [9.17, 15) is 4.57 Å². The van der Waals surface area contributed by atoms with E-state index < -0.39 is 7.14 Å². The van der Waals surface area contributed by atoms with Crippen LogP contribution in [0, 0.1) is 0 Å². The lowest BCUT2D eigenvalue weighted by atomic mass is 9.99. The molecule has 10 aromatic heterocycles. The molecule has 12 nitrogen and oxygen atoms in total. The van der Waals surface area contributed by atoms with Gasteiger partial charge in [0.1, 0.15) is 0 Å². The summed E-state index contributed by atoms with van der Waals surface area (Å²) in [5.74, 6) is 0.665. The van der Waals surface area contributed by atoms with Crippen LogP contribution in [0.2, 0.25) is 0 Å². The predicted octanol–water partition coefficient (Wildman–Crippen LogP) is 32.9. The Hall–Kier alpha value is -19.7. The zero-order valence-electron chi connectivity index (χ0n) is 80.7. The molecule has 0 atom stereocenters. The van der Waals surface area contributed by atoms with Gasteiger partial charge in [-0.25, -0.2) is 29.9 Å². The van der Waals surface area contributed by atoms with Gasteiger partial charge in [-0.15, -0.1) is 0 Å². The Labute approximate surface area is 860 Å². The van der Waals surface area contributed by atoms with E-state index in [0.29, 0.717) is 5.82 Å². The summed E-state index contributed by atoms with van der Waals surface area (Å²) in [6, 6.07) is 184. The molecule has 0 N–H and O–H groups in total. The van der Waals surface area contributed by atoms with Crippen molar-refractivity contribution in [3.8, 4) is 141 Å². The third kappa shape index (κ3) is 16.7. The second-order valence-electron chi connectivity index (χ2n) is 37.1. The zero-order chi connectivity index (χ0) is 99.1. The SMILES string of the molecule is O=P(c1ccccc1)(c1ccccc1)c1ccc(-c2nc3ccccc3c3c4ccccc4n(-c4ccccc4)c23)cc1.c1ccc(-c2ccc(-c3cc(-c4ccc(-c5ccccc5)cc4)nc(-c4ccc(-c5nc6ccccc6c6c7ccccc7n(-c7ccccc7)c56)cc4)n3)cc2)cc1.c1ccc(-n2c3ccccc3c3c4ccccc4nc(-c4ccc(-c5cc(-c6ccccn6)nc(-c6ccccn6)c5)cc4)c32)cc1. The molecule has 149 heavy (non-hydrogen) atoms. The monoisotopic (exact) mass is 1920 g/mol. The first-order valence-electron chi connectivity index (χ1n) is 50.0. The fraction of sp³-hybridized carbons (Fsp3) is 0. The third-order valence-electron chi connectivity index (χ3n) is 28.2. The number of fused-ring (bicyclic) bond motifs is 15. The molecule has 0 aliphatic carbocycles. The van der Waals surface area contributed by atoms with Crippen LogP contribution in [-0.2, 0) is 4.57 Å². The van der Waals surface area contributed by atoms with Gasteiger partial charge in [0, 0.05) is 127 Å². The molecular formula is C136H90N11OP. The van der Waals surface area contributed by atoms with E-state index in [2.05, 4.69) is 424 Å². The van der Waals surface area contributed by atoms with Gasteiger partial charge in [0.25, 0.3) is 0 Å². The average Bonchev–Trinajstić information content (AvgIpc) is 1.57. The van der Waals surface area contributed by atoms with Gasteiger partial charge in [-0.2, -0.15) is 0 Å². The van der Waals surface area contributed by atoms with E-state index >= 15 is 0 Å². The first kappa shape index (κ1) is 89.4. The average molecular weight is 1930 g/mol. The predicted molar refractivity (Wildman–Crippen MR) is 616 cm³/mol. The smallest absolute Gasteiger partial charge is 0.171 e. The third-order valence-corrected chi connectivity index (χ3v) is 31.3. The lowest BCUT2D eigenvalue weighted by molar-refractivity contribution is 0.592. The van der Waals surface area contributed by atoms with E-state index in [-0.39, 0.29) is 0 Å². The largest absolute Gasteiger partial charge is 0.309 e. The minimum absolute atomic E-state index is 0.665. The van der Waals surface area contributed by atoms with E-state index in [0.717, 1.165) is 195 Å². The first-order chi connectivity index (χ1) is 73.8. The second-order valence-corrected chi connectivity index (χ2v) is 39.8. The molecule has 0 fully saturated rings. The minimum Gasteiger partial charge on any atom is -0.309 e. The number of rotatable bonds is 17. The number of aromatic nitrogens is 11. The normalized spacial score (nSPS) is 11.5. The van der Waals surface area contributed by atoms with Crippen LogP contribution in [0.4, 0.5) is 0 Å². The highest BCUT2D eigenvalue weighted by atomic mass is 31.2. The van der Waals surface area contributed by atoms with Gasteiger partial charge in [0.05, 0.1) is 101 Å². The number of para-hydroxylation sites is 9. The van der Waals surface area contributed by atoms with Crippen molar-refractivity contribution in [2.24, 2.45) is 0 Å². The Morgan fingerprint density at radius 3 is 0.779 bits per heavy atom. The Balaban J connectivity index is 0.000000115. The van der Waals surface area contributed by atoms with Crippen molar-refractivity contribution in [2.75, 3.05) is 0 Å². The van der Waals surface area contributed by atoms with Gasteiger partial charge in [-0.3, -0.25) is 9.97 Å². The van der Waals surface area contributed by atoms with Crippen LogP contribution >= 0.6 is 7.14 Å². The van der Waals surface area contributed by atoms with Crippen molar-refractivity contribution in [2.45, 2.75) is 0 Å². The molecule has 700 valence electrons. The Morgan fingerprint density at radius 1 is 0.174 bits per heavy atom. The summed E-state index contributed by atoms with van der Waals surface area (Å²) >= 11 is 0. The molecule has 0 spiro atoms. The van der Waals surface area contributed by atoms with Crippen molar-refractivity contribution >= 4 is 121 Å². The second kappa shape index (κ2) is 38.9. The van der Waals surface area contributed by atoms with Crippen molar-refractivity contribution < 1.29 is 4.57 Å². The minimum atomic E-state index is -3.08. The highest BCUT2D eigenvalue weighted by Crippen LogP contribution is 2.49. The molecule has 13 heteroatoms. The van der Waals surface area contributed by atoms with Gasteiger partial charge in [-0.1, -0.05) is 419 Å². The molecule has 0 amide bonds. The summed E-state index contributed by atoms with van der Waals surface area (Å²) in [6.07, 6.45) is 3.59. The summed E-state index contributed by atoms with van der Waals surface area (Å²) in [5, 5.41) is 13.1. The maximum Gasteiger partial charge on any atom is 0.171 e. The summed E-state index contributed by atoms with van der Waals surface area (Å²) in [6.45, 7) is 0. The zero-order valence-corrected chi connectivity index (χ0v) is 81.6. The van der Waals surface area contributed by atoms with Crippen molar-refractivity contribution in [3.05, 3.63) is 546 Å². The van der Waals surface area contributed by atoms with Crippen molar-refractivity contribution in [3.63, 3.8) is 0 Å². The highest BCUT2D eigenvalue weighted by molar-refractivity contribution is 7.85. The van der Waals surface area contributed by atoms with Crippen molar-refractivity contribution in [1.82, 2.24) is 53.6 Å². The standard InChI is InChI=1S/C55H36N4.C42H27N5.C39H27N2OP/c1-4-14-37(15-5-1)39-24-28-41(29-25-39)49-36-50(42-30-26-40(27-31-42)38-16-6-2-7-17-38)58-55(57-49)44-34-32-43(33-35-44)53-54-52(46-20-10-12-22-48(46)56-53)47-21-11-13-23-51(47)59(54)45-18-8-3-9-19-45;1-2-12-31(13-3-1)47-39-19-7-5-15-33(39)40-32-14-4-6-16-34(32)46-41(42(40)47)29-22-20-28(21-23-29)30-26-37(35-17-8-10-24-43-35)45-38(27-30)36-18-9-11-25-44-36;42-43(30-16-6-2-7-17-30,31-18-8-3-9-19-31)32-26-24-28(25-27-32)38-39-37(33-20-10-12-22-35(33)40-38)34-21-11-13-23-36(34)41(39)29-14-4-1-5-15-29/h1-36H;1-27H;1-27H. The molecule has 10 heterocycles. The Morgan fingerprint density at radius 2 is 0.436 bits per heavy atom.